The molecule has 167 valence electrons. The van der Waals surface area contributed by atoms with Crippen LogP contribution in [0.15, 0.2) is 98.1 Å². The van der Waals surface area contributed by atoms with Crippen LogP contribution in [0.3, 0.4) is 0 Å². The maximum atomic E-state index is 4.83. The molecule has 0 aliphatic carbocycles. The van der Waals surface area contributed by atoms with Crippen LogP contribution in [0.2, 0.25) is 0 Å². The predicted molar refractivity (Wildman–Crippen MR) is 128 cm³/mol. The second kappa shape index (κ2) is 21.1. The molecule has 0 amide bonds. The molecule has 0 bridgehead atoms. The fourth-order valence-electron chi connectivity index (χ4n) is 1.79. The van der Waals surface area contributed by atoms with E-state index in [1.165, 1.54) is 22.3 Å². The van der Waals surface area contributed by atoms with Crippen molar-refractivity contribution in [3.8, 4) is 0 Å². The molecule has 31 heavy (non-hydrogen) atoms. The third-order valence-electron chi connectivity index (χ3n) is 3.24. The van der Waals surface area contributed by atoms with Crippen LogP contribution in [0, 0.1) is 27.7 Å². The van der Waals surface area contributed by atoms with Gasteiger partial charge in [0.1, 0.15) is 0 Å². The molecule has 4 heterocycles. The molecule has 4 aromatic rings. The van der Waals surface area contributed by atoms with E-state index < -0.39 is 0 Å². The minimum atomic E-state index is -0.226. The van der Waals surface area contributed by atoms with Crippen molar-refractivity contribution in [3.05, 3.63) is 120 Å². The Balaban J connectivity index is 0.000000371. The molecule has 0 aliphatic heterocycles. The van der Waals surface area contributed by atoms with E-state index in [9.17, 15) is 0 Å². The van der Waals surface area contributed by atoms with Crippen LogP contribution in [0.25, 0.3) is 0 Å². The first-order chi connectivity index (χ1) is 15.0. The number of halogens is 2. The van der Waals surface area contributed by atoms with Crippen molar-refractivity contribution >= 4 is 19.4 Å². The van der Waals surface area contributed by atoms with Crippen LogP contribution < -0.4 is 0 Å². The molecular formula is C24H28Cl2N4Rh. The van der Waals surface area contributed by atoms with E-state index in [-0.39, 0.29) is 15.1 Å². The Morgan fingerprint density at radius 1 is 0.484 bits per heavy atom. The van der Waals surface area contributed by atoms with Gasteiger partial charge in [-0.2, -0.15) is 0 Å². The fraction of sp³-hybridized carbons (Fsp3) is 0.167. The number of hydrogen-bond donors (Lipinski definition) is 0. The zero-order chi connectivity index (χ0) is 23.2. The topological polar surface area (TPSA) is 51.6 Å². The molecule has 0 aliphatic rings. The quantitative estimate of drug-likeness (QED) is 0.225. The van der Waals surface area contributed by atoms with Gasteiger partial charge in [-0.05, 0) is 74.2 Å². The Morgan fingerprint density at radius 3 is 0.742 bits per heavy atom. The summed E-state index contributed by atoms with van der Waals surface area (Å²) in [4.78, 5) is 15.5. The summed E-state index contributed by atoms with van der Waals surface area (Å²) in [6.45, 7) is 8.08. The fourth-order valence-corrected chi connectivity index (χ4v) is 1.79. The number of pyridine rings is 4. The summed E-state index contributed by atoms with van der Waals surface area (Å²) in [6, 6.07) is 15.8. The van der Waals surface area contributed by atoms with Crippen LogP contribution >= 0.6 is 19.4 Å². The third-order valence-corrected chi connectivity index (χ3v) is 3.24. The van der Waals surface area contributed by atoms with Gasteiger partial charge in [-0.15, -0.1) is 0 Å². The molecule has 0 spiro atoms. The molecule has 4 rings (SSSR count). The second-order valence-electron chi connectivity index (χ2n) is 6.17. The molecule has 0 unspecified atom stereocenters. The van der Waals surface area contributed by atoms with Crippen LogP contribution in [0.1, 0.15) is 22.3 Å². The van der Waals surface area contributed by atoms with Gasteiger partial charge in [0.25, 0.3) is 0 Å². The predicted octanol–water partition coefficient (Wildman–Crippen LogP) is 6.94. The van der Waals surface area contributed by atoms with Crippen molar-refractivity contribution in [2.75, 3.05) is 0 Å². The van der Waals surface area contributed by atoms with Gasteiger partial charge in [-0.1, -0.05) is 24.3 Å². The van der Waals surface area contributed by atoms with Crippen molar-refractivity contribution in [2.24, 2.45) is 0 Å². The van der Waals surface area contributed by atoms with Gasteiger partial charge in [-0.25, -0.2) is 0 Å². The first-order valence-corrected chi connectivity index (χ1v) is 13.5. The van der Waals surface area contributed by atoms with Gasteiger partial charge in [0.2, 0.25) is 0 Å². The van der Waals surface area contributed by atoms with Crippen LogP contribution in [0.5, 0.6) is 0 Å². The normalized spacial score (nSPS) is 8.58. The molecule has 0 saturated carbocycles. The molecule has 7 heteroatoms. The van der Waals surface area contributed by atoms with Crippen molar-refractivity contribution in [2.45, 2.75) is 27.7 Å². The van der Waals surface area contributed by atoms with Gasteiger partial charge in [0.15, 0.2) is 0 Å². The van der Waals surface area contributed by atoms with Gasteiger partial charge >= 0.3 is 34.5 Å². The van der Waals surface area contributed by atoms with E-state index in [2.05, 4.69) is 19.9 Å². The molecule has 0 saturated heterocycles. The molecule has 4 nitrogen and oxygen atoms in total. The average molecular weight is 546 g/mol. The molecule has 0 fully saturated rings. The van der Waals surface area contributed by atoms with E-state index in [1.807, 2.05) is 101 Å². The standard InChI is InChI=1S/4C6H7N.2ClH.Rh/c4*1-6-3-2-4-7-5-6;;;/h4*2-5H,1H3;2*1H;/q;;;;;;+2/p-2. The summed E-state index contributed by atoms with van der Waals surface area (Å²) >= 11 is -0.226. The summed E-state index contributed by atoms with van der Waals surface area (Å²) < 4.78 is 0. The second-order valence-corrected chi connectivity index (χ2v) is 8.66. The zero-order valence-corrected chi connectivity index (χ0v) is 21.3. The van der Waals surface area contributed by atoms with Gasteiger partial charge in [-0.3, -0.25) is 19.9 Å². The van der Waals surface area contributed by atoms with Crippen LogP contribution in [-0.2, 0) is 15.1 Å². The number of rotatable bonds is 0. The molecule has 0 N–H and O–H groups in total. The summed E-state index contributed by atoms with van der Waals surface area (Å²) in [5.41, 5.74) is 4.84. The van der Waals surface area contributed by atoms with Crippen molar-refractivity contribution in [1.82, 2.24) is 19.9 Å². The average Bonchev–Trinajstić information content (AvgIpc) is 2.78. The number of nitrogens with zero attached hydrogens (tertiary/aromatic N) is 4. The van der Waals surface area contributed by atoms with E-state index in [0.717, 1.165) is 0 Å². The van der Waals surface area contributed by atoms with Crippen molar-refractivity contribution < 1.29 is 15.1 Å². The maximum absolute atomic E-state index is 4.83. The van der Waals surface area contributed by atoms with E-state index in [1.54, 1.807) is 24.8 Å². The van der Waals surface area contributed by atoms with Crippen LogP contribution in [0.4, 0.5) is 0 Å². The molecule has 0 atom stereocenters. The molecule has 0 aromatic carbocycles. The number of hydrogen-bond acceptors (Lipinski definition) is 4. The Morgan fingerprint density at radius 2 is 0.677 bits per heavy atom. The first kappa shape index (κ1) is 28.8. The summed E-state index contributed by atoms with van der Waals surface area (Å²) in [6.07, 6.45) is 14.4. The molecule has 0 radical (unpaired) electrons. The molecule has 4 aromatic heterocycles. The van der Waals surface area contributed by atoms with E-state index >= 15 is 0 Å². The van der Waals surface area contributed by atoms with Crippen molar-refractivity contribution in [1.29, 1.82) is 0 Å². The van der Waals surface area contributed by atoms with Gasteiger partial charge < -0.3 is 0 Å². The zero-order valence-electron chi connectivity index (χ0n) is 18.1. The minimum absolute atomic E-state index is 0.226. The Kier molecular flexibility index (Phi) is 19.6. The van der Waals surface area contributed by atoms with Crippen molar-refractivity contribution in [3.63, 3.8) is 0 Å². The summed E-state index contributed by atoms with van der Waals surface area (Å²) in [5.74, 6) is 0. The van der Waals surface area contributed by atoms with Gasteiger partial charge in [0.05, 0.1) is 0 Å². The summed E-state index contributed by atoms with van der Waals surface area (Å²) in [5, 5.41) is 0. The Bertz CT molecular complexity index is 719. The third kappa shape index (κ3) is 20.8. The SMILES string of the molecule is Cc1cccnc1.Cc1cccnc1.Cc1cccnc1.Cc1cccnc1.[Cl][Rh][Cl]. The monoisotopic (exact) mass is 545 g/mol. The molecular weight excluding hydrogens is 518 g/mol. The first-order valence-electron chi connectivity index (χ1n) is 9.29. The van der Waals surface area contributed by atoms with Gasteiger partial charge in [0, 0.05) is 49.6 Å². The van der Waals surface area contributed by atoms with E-state index in [0.29, 0.717) is 0 Å². The van der Waals surface area contributed by atoms with Crippen LogP contribution in [-0.4, -0.2) is 19.9 Å². The Hall–Kier alpha value is -2.20. The summed E-state index contributed by atoms with van der Waals surface area (Å²) in [7, 11) is 9.67. The Labute approximate surface area is 201 Å². The van der Waals surface area contributed by atoms with E-state index in [4.69, 9.17) is 19.4 Å². The number of aromatic nitrogens is 4. The number of aryl methyl sites for hydroxylation is 4.